The molecule has 0 radical (unpaired) electrons. The van der Waals surface area contributed by atoms with Crippen molar-refractivity contribution >= 4 is 34.2 Å². The summed E-state index contributed by atoms with van der Waals surface area (Å²) in [6.45, 7) is 5.48. The van der Waals surface area contributed by atoms with Gasteiger partial charge >= 0.3 is 0 Å². The molecule has 0 unspecified atom stereocenters. The van der Waals surface area contributed by atoms with E-state index < -0.39 is 0 Å². The number of para-hydroxylation sites is 2. The molecule has 0 spiro atoms. The van der Waals surface area contributed by atoms with Crippen molar-refractivity contribution in [2.24, 2.45) is 0 Å². The average Bonchev–Trinajstić information content (AvgIpc) is 3.08. The molecule has 1 heterocycles. The molecule has 0 N–H and O–H groups in total. The van der Waals surface area contributed by atoms with Crippen molar-refractivity contribution in [1.82, 2.24) is 9.55 Å². The number of nitrogens with zero attached hydrogens (tertiary/aromatic N) is 2. The van der Waals surface area contributed by atoms with Gasteiger partial charge in [0, 0.05) is 23.0 Å². The Morgan fingerprint density at radius 2 is 1.63 bits per heavy atom. The van der Waals surface area contributed by atoms with Gasteiger partial charge in [-0.15, -0.1) is 0 Å². The molecular formula is C25H24Cl2N2O. The first-order valence-electron chi connectivity index (χ1n) is 10.1. The predicted molar refractivity (Wildman–Crippen MR) is 125 cm³/mol. The Morgan fingerprint density at radius 3 is 2.37 bits per heavy atom. The molecule has 30 heavy (non-hydrogen) atoms. The molecule has 1 aromatic heterocycles. The molecule has 3 aromatic carbocycles. The van der Waals surface area contributed by atoms with Crippen LogP contribution in [0.4, 0.5) is 0 Å². The second-order valence-electron chi connectivity index (χ2n) is 7.54. The van der Waals surface area contributed by atoms with Crippen molar-refractivity contribution in [3.8, 4) is 5.75 Å². The molecule has 4 aromatic rings. The number of fused-ring (bicyclic) bond motifs is 1. The Hall–Kier alpha value is -2.49. The molecule has 0 fully saturated rings. The van der Waals surface area contributed by atoms with Gasteiger partial charge in [0.1, 0.15) is 11.6 Å². The second-order valence-corrected chi connectivity index (χ2v) is 8.36. The predicted octanol–water partition coefficient (Wildman–Crippen LogP) is 7.02. The Balaban J connectivity index is 1.48. The highest BCUT2D eigenvalue weighted by atomic mass is 35.5. The Morgan fingerprint density at radius 1 is 0.933 bits per heavy atom. The third-order valence-corrected chi connectivity index (χ3v) is 6.06. The number of aryl methyl sites for hydroxylation is 3. The van der Waals surface area contributed by atoms with Crippen molar-refractivity contribution in [1.29, 1.82) is 0 Å². The normalized spacial score (nSPS) is 11.2. The average molecular weight is 439 g/mol. The van der Waals surface area contributed by atoms with Crippen LogP contribution >= 0.6 is 23.2 Å². The van der Waals surface area contributed by atoms with Crippen LogP contribution in [-0.4, -0.2) is 16.2 Å². The van der Waals surface area contributed by atoms with E-state index in [0.29, 0.717) is 6.61 Å². The first kappa shape index (κ1) is 20.8. The zero-order chi connectivity index (χ0) is 21.1. The summed E-state index contributed by atoms with van der Waals surface area (Å²) in [7, 11) is 0. The van der Waals surface area contributed by atoms with E-state index in [0.717, 1.165) is 63.2 Å². The van der Waals surface area contributed by atoms with Gasteiger partial charge in [-0.2, -0.15) is 0 Å². The van der Waals surface area contributed by atoms with Gasteiger partial charge in [-0.25, -0.2) is 4.98 Å². The van der Waals surface area contributed by atoms with Crippen molar-refractivity contribution in [3.63, 3.8) is 0 Å². The fraction of sp³-hybridized carbons (Fsp3) is 0.240. The van der Waals surface area contributed by atoms with E-state index >= 15 is 0 Å². The van der Waals surface area contributed by atoms with Crippen LogP contribution in [0.25, 0.3) is 11.0 Å². The molecule has 0 saturated carbocycles. The summed E-state index contributed by atoms with van der Waals surface area (Å²) in [4.78, 5) is 4.87. The number of rotatable bonds is 7. The van der Waals surface area contributed by atoms with Gasteiger partial charge in [0.2, 0.25) is 0 Å². The quantitative estimate of drug-likeness (QED) is 0.289. The van der Waals surface area contributed by atoms with E-state index in [1.54, 1.807) is 0 Å². The molecule has 3 nitrogen and oxygen atoms in total. The topological polar surface area (TPSA) is 27.1 Å². The van der Waals surface area contributed by atoms with Crippen molar-refractivity contribution in [2.45, 2.75) is 33.2 Å². The maximum Gasteiger partial charge on any atom is 0.119 e. The molecule has 0 amide bonds. The zero-order valence-corrected chi connectivity index (χ0v) is 18.7. The first-order valence-corrected chi connectivity index (χ1v) is 10.8. The van der Waals surface area contributed by atoms with E-state index in [4.69, 9.17) is 32.9 Å². The van der Waals surface area contributed by atoms with E-state index in [2.05, 4.69) is 34.9 Å². The largest absolute Gasteiger partial charge is 0.494 e. The third kappa shape index (κ3) is 4.63. The van der Waals surface area contributed by atoms with Crippen LogP contribution in [0.3, 0.4) is 0 Å². The van der Waals surface area contributed by atoms with Crippen LogP contribution in [0, 0.1) is 13.8 Å². The third-order valence-electron chi connectivity index (χ3n) is 5.21. The number of imidazole rings is 1. The summed E-state index contributed by atoms with van der Waals surface area (Å²) < 4.78 is 8.29. The second kappa shape index (κ2) is 9.11. The smallest absolute Gasteiger partial charge is 0.119 e. The molecule has 154 valence electrons. The van der Waals surface area contributed by atoms with Gasteiger partial charge in [0.25, 0.3) is 0 Å². The minimum Gasteiger partial charge on any atom is -0.494 e. The number of ether oxygens (including phenoxy) is 1. The number of halogens is 2. The van der Waals surface area contributed by atoms with Gasteiger partial charge in [-0.3, -0.25) is 0 Å². The summed E-state index contributed by atoms with van der Waals surface area (Å²) >= 11 is 12.3. The highest BCUT2D eigenvalue weighted by Gasteiger charge is 2.11. The Labute approximate surface area is 187 Å². The molecule has 0 atom stereocenters. The molecule has 5 heteroatoms. The van der Waals surface area contributed by atoms with Gasteiger partial charge in [-0.05, 0) is 73.4 Å². The minimum atomic E-state index is 0.632. The maximum absolute atomic E-state index is 6.25. The summed E-state index contributed by atoms with van der Waals surface area (Å²) in [5.41, 5.74) is 5.44. The summed E-state index contributed by atoms with van der Waals surface area (Å²) in [5, 5.41) is 1.55. The molecule has 0 aliphatic rings. The fourth-order valence-electron chi connectivity index (χ4n) is 3.70. The number of hydrogen-bond donors (Lipinski definition) is 0. The van der Waals surface area contributed by atoms with Gasteiger partial charge in [0.05, 0.1) is 17.6 Å². The Bertz CT molecular complexity index is 1140. The van der Waals surface area contributed by atoms with Crippen LogP contribution in [0.15, 0.2) is 60.7 Å². The van der Waals surface area contributed by atoms with Crippen LogP contribution in [0.1, 0.15) is 28.9 Å². The van der Waals surface area contributed by atoms with Crippen LogP contribution in [0.5, 0.6) is 5.75 Å². The van der Waals surface area contributed by atoms with Crippen molar-refractivity contribution < 1.29 is 4.74 Å². The first-order chi connectivity index (χ1) is 14.5. The fourth-order valence-corrected chi connectivity index (χ4v) is 3.93. The summed E-state index contributed by atoms with van der Waals surface area (Å²) in [5.74, 6) is 1.92. The lowest BCUT2D eigenvalue weighted by molar-refractivity contribution is 0.301. The monoisotopic (exact) mass is 438 g/mol. The van der Waals surface area contributed by atoms with E-state index in [1.165, 1.54) is 5.56 Å². The van der Waals surface area contributed by atoms with Crippen molar-refractivity contribution in [2.75, 3.05) is 6.61 Å². The minimum absolute atomic E-state index is 0.632. The highest BCUT2D eigenvalue weighted by molar-refractivity contribution is 6.32. The summed E-state index contributed by atoms with van der Waals surface area (Å²) in [6.07, 6.45) is 1.65. The number of hydrogen-bond acceptors (Lipinski definition) is 2. The van der Waals surface area contributed by atoms with Crippen LogP contribution in [-0.2, 0) is 13.0 Å². The van der Waals surface area contributed by atoms with Gasteiger partial charge in [-0.1, -0.05) is 47.5 Å². The molecule has 4 rings (SSSR count). The number of benzene rings is 3. The molecular weight excluding hydrogens is 415 g/mol. The van der Waals surface area contributed by atoms with E-state index in [-0.39, 0.29) is 0 Å². The number of aromatic nitrogens is 2. The van der Waals surface area contributed by atoms with Crippen LogP contribution < -0.4 is 4.74 Å². The zero-order valence-electron chi connectivity index (χ0n) is 17.2. The van der Waals surface area contributed by atoms with Gasteiger partial charge in [0.15, 0.2) is 0 Å². The lowest BCUT2D eigenvalue weighted by Crippen LogP contribution is -2.08. The highest BCUT2D eigenvalue weighted by Crippen LogP contribution is 2.26. The van der Waals surface area contributed by atoms with E-state index in [9.17, 15) is 0 Å². The molecule has 0 saturated heterocycles. The maximum atomic E-state index is 6.25. The SMILES string of the molecule is Cc1cc(OCCCn2c(Cc3ccc(Cl)cc3)nc3ccccc32)cc(C)c1Cl. The van der Waals surface area contributed by atoms with Gasteiger partial charge < -0.3 is 9.30 Å². The molecule has 0 aliphatic heterocycles. The lowest BCUT2D eigenvalue weighted by atomic mass is 10.1. The Kier molecular flexibility index (Phi) is 6.31. The van der Waals surface area contributed by atoms with E-state index in [1.807, 2.05) is 44.2 Å². The lowest BCUT2D eigenvalue weighted by Gasteiger charge is -2.12. The standard InChI is InChI=1S/C25H24Cl2N2O/c1-17-14-21(15-18(2)25(17)27)30-13-5-12-29-23-7-4-3-6-22(23)28-24(29)16-19-8-10-20(26)11-9-19/h3-4,6-11,14-15H,5,12-13,16H2,1-2H3. The molecule has 0 aliphatic carbocycles. The van der Waals surface area contributed by atoms with Crippen molar-refractivity contribution in [3.05, 3.63) is 93.2 Å². The van der Waals surface area contributed by atoms with Crippen LogP contribution in [0.2, 0.25) is 10.0 Å². The molecule has 0 bridgehead atoms. The summed E-state index contributed by atoms with van der Waals surface area (Å²) in [6, 6.07) is 20.2.